The Bertz CT molecular complexity index is 398. The summed E-state index contributed by atoms with van der Waals surface area (Å²) in [4.78, 5) is 1.31. The van der Waals surface area contributed by atoms with Crippen LogP contribution in [0.1, 0.15) is 37.5 Å². The lowest BCUT2D eigenvalue weighted by Crippen LogP contribution is -2.41. The number of likely N-dealkylation sites (N-methyl/N-ethyl adjacent to an activating group) is 1. The maximum Gasteiger partial charge on any atom is 0.248 e. The monoisotopic (exact) mass is 351 g/mol. The van der Waals surface area contributed by atoms with Gasteiger partial charge in [0.1, 0.15) is 0 Å². The molecule has 5 heteroatoms. The van der Waals surface area contributed by atoms with Crippen molar-refractivity contribution in [2.24, 2.45) is 5.92 Å². The zero-order valence-electron chi connectivity index (χ0n) is 11.1. The summed E-state index contributed by atoms with van der Waals surface area (Å²) in [5.41, 5.74) is 0. The topological polar surface area (TPSA) is 12.0 Å². The third-order valence-electron chi connectivity index (χ3n) is 3.84. The number of rotatable bonds is 5. The van der Waals surface area contributed by atoms with E-state index in [0.717, 1.165) is 17.4 Å². The van der Waals surface area contributed by atoms with E-state index in [-0.39, 0.29) is 12.8 Å². The fourth-order valence-corrected chi connectivity index (χ4v) is 4.32. The average molecular weight is 352 g/mol. The van der Waals surface area contributed by atoms with Crippen LogP contribution in [0.25, 0.3) is 0 Å². The number of hydrogen-bond acceptors (Lipinski definition) is 2. The minimum atomic E-state index is -2.43. The highest BCUT2D eigenvalue weighted by Crippen LogP contribution is 2.38. The predicted molar refractivity (Wildman–Crippen MR) is 80.1 cm³/mol. The van der Waals surface area contributed by atoms with Gasteiger partial charge in [-0.15, -0.1) is 11.3 Å². The fraction of sp³-hybridized carbons (Fsp3) is 0.714. The summed E-state index contributed by atoms with van der Waals surface area (Å²) in [6, 6.07) is 2.46. The molecular weight excluding hydrogens is 332 g/mol. The van der Waals surface area contributed by atoms with Crippen LogP contribution in [0.4, 0.5) is 8.78 Å². The Morgan fingerprint density at radius 2 is 2.16 bits per heavy atom. The Balaban J connectivity index is 1.96. The van der Waals surface area contributed by atoms with Gasteiger partial charge in [0.25, 0.3) is 0 Å². The van der Waals surface area contributed by atoms with Crippen molar-refractivity contribution in [2.75, 3.05) is 6.54 Å². The molecule has 1 N–H and O–H groups in total. The molecule has 0 aromatic carbocycles. The van der Waals surface area contributed by atoms with E-state index in [1.54, 1.807) is 11.3 Å². The van der Waals surface area contributed by atoms with Crippen molar-refractivity contribution in [3.8, 4) is 0 Å². The Labute approximate surface area is 125 Å². The molecule has 0 bridgehead atoms. The molecule has 1 unspecified atom stereocenters. The molecule has 1 fully saturated rings. The average Bonchev–Trinajstić information content (AvgIpc) is 2.74. The zero-order valence-corrected chi connectivity index (χ0v) is 13.5. The summed E-state index contributed by atoms with van der Waals surface area (Å²) < 4.78 is 27.6. The van der Waals surface area contributed by atoms with Crippen LogP contribution in [-0.2, 0) is 6.42 Å². The second-order valence-electron chi connectivity index (χ2n) is 5.29. The minimum Gasteiger partial charge on any atom is -0.314 e. The first-order valence-corrected chi connectivity index (χ1v) is 8.51. The Kier molecular flexibility index (Phi) is 5.37. The van der Waals surface area contributed by atoms with E-state index < -0.39 is 5.92 Å². The molecule has 0 spiro atoms. The van der Waals surface area contributed by atoms with E-state index in [1.807, 2.05) is 0 Å². The number of hydrogen-bond donors (Lipinski definition) is 1. The van der Waals surface area contributed by atoms with Crippen LogP contribution >= 0.6 is 27.3 Å². The van der Waals surface area contributed by atoms with Crippen molar-refractivity contribution in [1.82, 2.24) is 5.32 Å². The van der Waals surface area contributed by atoms with Gasteiger partial charge in [0.2, 0.25) is 5.92 Å². The van der Waals surface area contributed by atoms with Gasteiger partial charge in [0, 0.05) is 33.6 Å². The van der Waals surface area contributed by atoms with E-state index in [1.165, 1.54) is 4.88 Å². The van der Waals surface area contributed by atoms with Crippen molar-refractivity contribution < 1.29 is 8.78 Å². The molecule has 1 aliphatic rings. The summed E-state index contributed by atoms with van der Waals surface area (Å²) in [6.45, 7) is 2.97. The summed E-state index contributed by atoms with van der Waals surface area (Å²) in [6.07, 6.45) is 2.32. The molecule has 2 rings (SSSR count). The third-order valence-corrected chi connectivity index (χ3v) is 5.56. The lowest BCUT2D eigenvalue weighted by Gasteiger charge is -2.34. The van der Waals surface area contributed by atoms with Crippen LogP contribution in [0.15, 0.2) is 15.9 Å². The molecule has 1 saturated carbocycles. The molecule has 1 heterocycles. The van der Waals surface area contributed by atoms with Gasteiger partial charge in [-0.1, -0.05) is 6.92 Å². The van der Waals surface area contributed by atoms with Gasteiger partial charge in [-0.05, 0) is 53.7 Å². The molecule has 1 aromatic rings. The van der Waals surface area contributed by atoms with E-state index in [4.69, 9.17) is 0 Å². The molecule has 19 heavy (non-hydrogen) atoms. The quantitative estimate of drug-likeness (QED) is 0.798. The van der Waals surface area contributed by atoms with E-state index in [0.29, 0.717) is 24.8 Å². The first kappa shape index (κ1) is 15.4. The fourth-order valence-electron chi connectivity index (χ4n) is 2.81. The highest BCUT2D eigenvalue weighted by molar-refractivity contribution is 9.10. The van der Waals surface area contributed by atoms with Crippen molar-refractivity contribution >= 4 is 27.3 Å². The van der Waals surface area contributed by atoms with Gasteiger partial charge in [-0.2, -0.15) is 0 Å². The van der Waals surface area contributed by atoms with E-state index in [9.17, 15) is 8.78 Å². The standard InChI is InChI=1S/C14H20BrF2NS/c1-2-18-13(8-12-7-11(15)9-19-12)10-3-5-14(16,17)6-4-10/h7,9-10,13,18H,2-6,8H2,1H3. The molecule has 1 aromatic heterocycles. The predicted octanol–water partition coefficient (Wildman–Crippen LogP) is 4.86. The Morgan fingerprint density at radius 1 is 1.47 bits per heavy atom. The lowest BCUT2D eigenvalue weighted by molar-refractivity contribution is -0.0494. The first-order chi connectivity index (χ1) is 9.00. The summed E-state index contributed by atoms with van der Waals surface area (Å²) >= 11 is 5.20. The number of halogens is 3. The maximum absolute atomic E-state index is 13.2. The van der Waals surface area contributed by atoms with Crippen LogP contribution in [0.3, 0.4) is 0 Å². The van der Waals surface area contributed by atoms with Crippen LogP contribution < -0.4 is 5.32 Å². The summed E-state index contributed by atoms with van der Waals surface area (Å²) in [5.74, 6) is -2.06. The zero-order chi connectivity index (χ0) is 13.9. The van der Waals surface area contributed by atoms with Crippen LogP contribution in [0.2, 0.25) is 0 Å². The normalized spacial score (nSPS) is 21.5. The van der Waals surface area contributed by atoms with E-state index >= 15 is 0 Å². The first-order valence-electron chi connectivity index (χ1n) is 6.84. The maximum atomic E-state index is 13.2. The van der Waals surface area contributed by atoms with Crippen molar-refractivity contribution in [1.29, 1.82) is 0 Å². The van der Waals surface area contributed by atoms with E-state index in [2.05, 4.69) is 39.6 Å². The molecule has 1 atom stereocenters. The number of thiophene rings is 1. The molecule has 0 saturated heterocycles. The minimum absolute atomic E-state index is 0.0493. The smallest absolute Gasteiger partial charge is 0.248 e. The molecular formula is C14H20BrF2NS. The van der Waals surface area contributed by atoms with Gasteiger partial charge >= 0.3 is 0 Å². The van der Waals surface area contributed by atoms with Crippen molar-refractivity contribution in [3.05, 3.63) is 20.8 Å². The molecule has 1 nitrogen and oxygen atoms in total. The number of nitrogens with one attached hydrogen (secondary N) is 1. The summed E-state index contributed by atoms with van der Waals surface area (Å²) in [5, 5.41) is 5.56. The third kappa shape index (κ3) is 4.50. The van der Waals surface area contributed by atoms with Crippen molar-refractivity contribution in [3.63, 3.8) is 0 Å². The van der Waals surface area contributed by atoms with Crippen LogP contribution in [0.5, 0.6) is 0 Å². The van der Waals surface area contributed by atoms with Gasteiger partial charge < -0.3 is 5.32 Å². The van der Waals surface area contributed by atoms with Crippen LogP contribution in [-0.4, -0.2) is 18.5 Å². The second-order valence-corrected chi connectivity index (χ2v) is 7.20. The molecule has 0 aliphatic heterocycles. The van der Waals surface area contributed by atoms with Gasteiger partial charge in [0.05, 0.1) is 0 Å². The Hall–Kier alpha value is -0.0000000000000000833. The van der Waals surface area contributed by atoms with Crippen molar-refractivity contribution in [2.45, 2.75) is 51.0 Å². The SMILES string of the molecule is CCNC(Cc1cc(Br)cs1)C1CCC(F)(F)CC1. The number of alkyl halides is 2. The second kappa shape index (κ2) is 6.64. The Morgan fingerprint density at radius 3 is 2.68 bits per heavy atom. The highest BCUT2D eigenvalue weighted by Gasteiger charge is 2.37. The molecule has 1 aliphatic carbocycles. The molecule has 0 amide bonds. The molecule has 108 valence electrons. The lowest BCUT2D eigenvalue weighted by atomic mass is 9.81. The largest absolute Gasteiger partial charge is 0.314 e. The van der Waals surface area contributed by atoms with Crippen LogP contribution in [0, 0.1) is 5.92 Å². The highest BCUT2D eigenvalue weighted by atomic mass is 79.9. The summed E-state index contributed by atoms with van der Waals surface area (Å²) in [7, 11) is 0. The molecule has 0 radical (unpaired) electrons. The van der Waals surface area contributed by atoms with Gasteiger partial charge in [-0.3, -0.25) is 0 Å². The van der Waals surface area contributed by atoms with Gasteiger partial charge in [0.15, 0.2) is 0 Å². The van der Waals surface area contributed by atoms with Gasteiger partial charge in [-0.25, -0.2) is 8.78 Å².